The van der Waals surface area contributed by atoms with Crippen LogP contribution in [0.25, 0.3) is 0 Å². The molecular formula is C12H19NO. The number of nitrogens with one attached hydrogen (secondary N) is 1. The first-order valence-corrected chi connectivity index (χ1v) is 5.14. The Bertz CT molecular complexity index is 246. The fraction of sp³-hybridized carbons (Fsp3) is 0.500. The highest BCUT2D eigenvalue weighted by atomic mass is 16.3. The van der Waals surface area contributed by atoms with E-state index in [2.05, 4.69) is 19.2 Å². The quantitative estimate of drug-likeness (QED) is 0.744. The first-order chi connectivity index (χ1) is 6.68. The summed E-state index contributed by atoms with van der Waals surface area (Å²) in [6.45, 7) is 4.82. The Hall–Kier alpha value is -0.860. The maximum Gasteiger partial charge on any atom is 0.0704 e. The number of rotatable bonds is 5. The average molecular weight is 193 g/mol. The van der Waals surface area contributed by atoms with Gasteiger partial charge in [0.2, 0.25) is 0 Å². The van der Waals surface area contributed by atoms with E-state index in [0.29, 0.717) is 12.6 Å². The number of hydrogen-bond acceptors (Lipinski definition) is 2. The first-order valence-electron chi connectivity index (χ1n) is 5.14. The van der Waals surface area contributed by atoms with Crippen LogP contribution in [-0.2, 0) is 6.42 Å². The topological polar surface area (TPSA) is 32.3 Å². The molecule has 2 nitrogen and oxygen atoms in total. The van der Waals surface area contributed by atoms with Crippen molar-refractivity contribution < 1.29 is 5.11 Å². The van der Waals surface area contributed by atoms with Gasteiger partial charge in [-0.2, -0.15) is 0 Å². The molecule has 0 radical (unpaired) electrons. The molecule has 0 unspecified atom stereocenters. The van der Waals surface area contributed by atoms with E-state index < -0.39 is 0 Å². The predicted molar refractivity (Wildman–Crippen MR) is 59.3 cm³/mol. The second-order valence-electron chi connectivity index (χ2n) is 3.91. The van der Waals surface area contributed by atoms with Gasteiger partial charge in [0.05, 0.1) is 6.10 Å². The van der Waals surface area contributed by atoms with Crippen molar-refractivity contribution in [3.8, 4) is 0 Å². The largest absolute Gasteiger partial charge is 0.391 e. The Morgan fingerprint density at radius 3 is 2.43 bits per heavy atom. The van der Waals surface area contributed by atoms with Gasteiger partial charge in [-0.1, -0.05) is 44.2 Å². The van der Waals surface area contributed by atoms with Gasteiger partial charge >= 0.3 is 0 Å². The standard InChI is InChI=1S/C12H19NO/c1-10(2)13-9-12(14)8-11-6-4-3-5-7-11/h3-7,10,12-14H,8-9H2,1-2H3/t12-/m1/s1. The van der Waals surface area contributed by atoms with E-state index in [1.165, 1.54) is 5.56 Å². The molecule has 0 aliphatic rings. The highest BCUT2D eigenvalue weighted by molar-refractivity contribution is 5.15. The summed E-state index contributed by atoms with van der Waals surface area (Å²) in [7, 11) is 0. The summed E-state index contributed by atoms with van der Waals surface area (Å²) in [5.74, 6) is 0. The molecule has 0 aromatic heterocycles. The molecular weight excluding hydrogens is 174 g/mol. The Kier molecular flexibility index (Phi) is 4.63. The normalized spacial score (nSPS) is 13.1. The molecule has 0 heterocycles. The fourth-order valence-corrected chi connectivity index (χ4v) is 1.33. The molecule has 0 spiro atoms. The molecule has 0 aliphatic carbocycles. The van der Waals surface area contributed by atoms with Crippen LogP contribution >= 0.6 is 0 Å². The van der Waals surface area contributed by atoms with Crippen molar-refractivity contribution in [2.24, 2.45) is 0 Å². The lowest BCUT2D eigenvalue weighted by Gasteiger charge is -2.13. The van der Waals surface area contributed by atoms with E-state index in [4.69, 9.17) is 0 Å². The van der Waals surface area contributed by atoms with Gasteiger partial charge in [-0.15, -0.1) is 0 Å². The second kappa shape index (κ2) is 5.78. The molecule has 0 aliphatic heterocycles. The van der Waals surface area contributed by atoms with E-state index >= 15 is 0 Å². The van der Waals surface area contributed by atoms with Gasteiger partial charge in [-0.05, 0) is 12.0 Å². The monoisotopic (exact) mass is 193 g/mol. The highest BCUT2D eigenvalue weighted by Crippen LogP contribution is 2.02. The van der Waals surface area contributed by atoms with Gasteiger partial charge in [0.1, 0.15) is 0 Å². The van der Waals surface area contributed by atoms with Crippen LogP contribution in [0.15, 0.2) is 30.3 Å². The van der Waals surface area contributed by atoms with E-state index in [0.717, 1.165) is 6.42 Å². The molecule has 0 saturated heterocycles. The number of benzene rings is 1. The SMILES string of the molecule is CC(C)NC[C@H](O)Cc1ccccc1. The molecule has 1 aromatic rings. The summed E-state index contributed by atoms with van der Waals surface area (Å²) in [4.78, 5) is 0. The van der Waals surface area contributed by atoms with Crippen LogP contribution in [0.3, 0.4) is 0 Å². The van der Waals surface area contributed by atoms with Crippen molar-refractivity contribution in [1.82, 2.24) is 5.32 Å². The Morgan fingerprint density at radius 2 is 1.86 bits per heavy atom. The molecule has 2 N–H and O–H groups in total. The summed E-state index contributed by atoms with van der Waals surface area (Å²) in [6, 6.07) is 10.5. The van der Waals surface area contributed by atoms with E-state index in [9.17, 15) is 5.11 Å². The van der Waals surface area contributed by atoms with Crippen LogP contribution in [0, 0.1) is 0 Å². The molecule has 0 fully saturated rings. The number of hydrogen-bond donors (Lipinski definition) is 2. The average Bonchev–Trinajstić information content (AvgIpc) is 2.16. The van der Waals surface area contributed by atoms with Crippen LogP contribution in [0.2, 0.25) is 0 Å². The minimum atomic E-state index is -0.292. The molecule has 78 valence electrons. The minimum Gasteiger partial charge on any atom is -0.391 e. The first kappa shape index (κ1) is 11.2. The van der Waals surface area contributed by atoms with Crippen LogP contribution < -0.4 is 5.32 Å². The maximum atomic E-state index is 9.69. The van der Waals surface area contributed by atoms with Crippen molar-refractivity contribution in [3.05, 3.63) is 35.9 Å². The van der Waals surface area contributed by atoms with Crippen molar-refractivity contribution in [2.45, 2.75) is 32.4 Å². The third kappa shape index (κ3) is 4.40. The third-order valence-electron chi connectivity index (χ3n) is 2.08. The third-order valence-corrected chi connectivity index (χ3v) is 2.08. The van der Waals surface area contributed by atoms with Crippen molar-refractivity contribution in [1.29, 1.82) is 0 Å². The molecule has 1 aromatic carbocycles. The van der Waals surface area contributed by atoms with Crippen molar-refractivity contribution in [3.63, 3.8) is 0 Å². The molecule has 0 amide bonds. The molecule has 2 heteroatoms. The predicted octanol–water partition coefficient (Wildman–Crippen LogP) is 1.59. The molecule has 1 rings (SSSR count). The fourth-order valence-electron chi connectivity index (χ4n) is 1.33. The number of aliphatic hydroxyl groups excluding tert-OH is 1. The van der Waals surface area contributed by atoms with Crippen LogP contribution in [0.4, 0.5) is 0 Å². The molecule has 0 saturated carbocycles. The van der Waals surface area contributed by atoms with E-state index in [1.54, 1.807) is 0 Å². The van der Waals surface area contributed by atoms with Gasteiger partial charge in [0.25, 0.3) is 0 Å². The summed E-state index contributed by atoms with van der Waals surface area (Å²) in [6.07, 6.45) is 0.431. The van der Waals surface area contributed by atoms with Gasteiger partial charge in [-0.25, -0.2) is 0 Å². The van der Waals surface area contributed by atoms with Crippen molar-refractivity contribution >= 4 is 0 Å². The van der Waals surface area contributed by atoms with Gasteiger partial charge < -0.3 is 10.4 Å². The van der Waals surface area contributed by atoms with E-state index in [1.807, 2.05) is 30.3 Å². The second-order valence-corrected chi connectivity index (χ2v) is 3.91. The van der Waals surface area contributed by atoms with Crippen LogP contribution in [0.5, 0.6) is 0 Å². The summed E-state index contributed by atoms with van der Waals surface area (Å²) >= 11 is 0. The Balaban J connectivity index is 2.30. The lowest BCUT2D eigenvalue weighted by molar-refractivity contribution is 0.169. The zero-order valence-corrected chi connectivity index (χ0v) is 8.90. The zero-order chi connectivity index (χ0) is 10.4. The highest BCUT2D eigenvalue weighted by Gasteiger charge is 2.05. The molecule has 0 bridgehead atoms. The van der Waals surface area contributed by atoms with Crippen LogP contribution in [0.1, 0.15) is 19.4 Å². The number of aliphatic hydroxyl groups is 1. The summed E-state index contributed by atoms with van der Waals surface area (Å²) < 4.78 is 0. The molecule has 14 heavy (non-hydrogen) atoms. The summed E-state index contributed by atoms with van der Waals surface area (Å²) in [5, 5.41) is 12.9. The Morgan fingerprint density at radius 1 is 1.21 bits per heavy atom. The van der Waals surface area contributed by atoms with Gasteiger partial charge in [0.15, 0.2) is 0 Å². The minimum absolute atomic E-state index is 0.292. The Labute approximate surface area is 86.0 Å². The maximum absolute atomic E-state index is 9.69. The zero-order valence-electron chi connectivity index (χ0n) is 8.90. The van der Waals surface area contributed by atoms with Gasteiger partial charge in [-0.3, -0.25) is 0 Å². The molecule has 1 atom stereocenters. The lowest BCUT2D eigenvalue weighted by Crippen LogP contribution is -2.32. The smallest absolute Gasteiger partial charge is 0.0704 e. The lowest BCUT2D eigenvalue weighted by atomic mass is 10.1. The van der Waals surface area contributed by atoms with Gasteiger partial charge in [0, 0.05) is 12.6 Å². The van der Waals surface area contributed by atoms with E-state index in [-0.39, 0.29) is 6.10 Å². The summed E-state index contributed by atoms with van der Waals surface area (Å²) in [5.41, 5.74) is 1.19. The van der Waals surface area contributed by atoms with Crippen molar-refractivity contribution in [2.75, 3.05) is 6.54 Å². The van der Waals surface area contributed by atoms with Crippen LogP contribution in [-0.4, -0.2) is 23.8 Å².